The van der Waals surface area contributed by atoms with Gasteiger partial charge in [0.2, 0.25) is 5.43 Å². The maximum atomic E-state index is 12.1. The highest BCUT2D eigenvalue weighted by molar-refractivity contribution is 6.45. The molecule has 0 aliphatic carbocycles. The van der Waals surface area contributed by atoms with Gasteiger partial charge < -0.3 is 14.4 Å². The van der Waals surface area contributed by atoms with Crippen molar-refractivity contribution in [3.05, 3.63) is 38.6 Å². The van der Waals surface area contributed by atoms with Gasteiger partial charge in [0.15, 0.2) is 5.75 Å². The molecule has 0 unspecified atom stereocenters. The Balaban J connectivity index is 2.87. The molecule has 0 aliphatic heterocycles. The molecule has 0 amide bonds. The van der Waals surface area contributed by atoms with Crippen molar-refractivity contribution in [2.75, 3.05) is 0 Å². The number of carboxylic acid groups (broad SMARTS) is 1. The molecule has 2 rings (SSSR count). The van der Waals surface area contributed by atoms with Crippen molar-refractivity contribution < 1.29 is 14.6 Å². The second-order valence-electron chi connectivity index (χ2n) is 3.73. The third-order valence-corrected chi connectivity index (χ3v) is 3.43. The van der Waals surface area contributed by atoms with E-state index < -0.39 is 11.6 Å². The first-order chi connectivity index (χ1) is 8.95. The first-order valence-electron chi connectivity index (χ1n) is 5.37. The van der Waals surface area contributed by atoms with Gasteiger partial charge in [0.25, 0.3) is 0 Å². The van der Waals surface area contributed by atoms with Crippen LogP contribution >= 0.6 is 23.2 Å². The number of pyridine rings is 1. The fourth-order valence-corrected chi connectivity index (χ4v) is 2.24. The first-order valence-corrected chi connectivity index (χ1v) is 6.13. The Kier molecular flexibility index (Phi) is 3.68. The molecule has 0 atom stereocenters. The zero-order chi connectivity index (χ0) is 14.2. The van der Waals surface area contributed by atoms with Crippen molar-refractivity contribution >= 4 is 40.3 Å². The highest BCUT2D eigenvalue weighted by Crippen LogP contribution is 2.30. The number of aryl methyl sites for hydroxylation is 1. The third-order valence-electron chi connectivity index (χ3n) is 2.64. The van der Waals surface area contributed by atoms with E-state index in [0.29, 0.717) is 17.1 Å². The van der Waals surface area contributed by atoms with Crippen LogP contribution in [0.4, 0.5) is 4.79 Å². The zero-order valence-corrected chi connectivity index (χ0v) is 11.3. The minimum atomic E-state index is -1.54. The number of halogens is 2. The van der Waals surface area contributed by atoms with Crippen LogP contribution in [0.15, 0.2) is 23.1 Å². The summed E-state index contributed by atoms with van der Waals surface area (Å²) in [5.74, 6) is -0.264. The lowest BCUT2D eigenvalue weighted by atomic mass is 10.2. The zero-order valence-electron chi connectivity index (χ0n) is 9.81. The summed E-state index contributed by atoms with van der Waals surface area (Å²) >= 11 is 12.0. The van der Waals surface area contributed by atoms with E-state index >= 15 is 0 Å². The maximum absolute atomic E-state index is 12.1. The van der Waals surface area contributed by atoms with E-state index in [-0.39, 0.29) is 16.2 Å². The predicted octanol–water partition coefficient (Wildman–Crippen LogP) is 3.39. The molecule has 19 heavy (non-hydrogen) atoms. The molecule has 0 fully saturated rings. The number of fused-ring (bicyclic) bond motifs is 1. The van der Waals surface area contributed by atoms with E-state index in [1.54, 1.807) is 4.57 Å². The number of ether oxygens (including phenoxy) is 1. The summed E-state index contributed by atoms with van der Waals surface area (Å²) in [6, 6.07) is 2.98. The Morgan fingerprint density at radius 1 is 1.42 bits per heavy atom. The molecule has 1 heterocycles. The Morgan fingerprint density at radius 3 is 2.68 bits per heavy atom. The van der Waals surface area contributed by atoms with Crippen molar-refractivity contribution in [2.45, 2.75) is 13.5 Å². The molecule has 0 aliphatic rings. The Labute approximate surface area is 117 Å². The van der Waals surface area contributed by atoms with Crippen LogP contribution in [0.2, 0.25) is 10.0 Å². The average molecular weight is 302 g/mol. The molecule has 100 valence electrons. The molecule has 1 aromatic heterocycles. The van der Waals surface area contributed by atoms with Gasteiger partial charge in [-0.2, -0.15) is 0 Å². The molecule has 0 spiro atoms. The van der Waals surface area contributed by atoms with Crippen molar-refractivity contribution in [3.8, 4) is 5.75 Å². The van der Waals surface area contributed by atoms with E-state index in [1.807, 2.05) is 6.92 Å². The SMILES string of the molecule is CCn1cc(OC(=O)O)c(=O)c2ccc(Cl)c(Cl)c21. The van der Waals surface area contributed by atoms with Gasteiger partial charge in [-0.1, -0.05) is 23.2 Å². The molecule has 0 radical (unpaired) electrons. The second-order valence-corrected chi connectivity index (χ2v) is 4.52. The fourth-order valence-electron chi connectivity index (χ4n) is 1.82. The fraction of sp³-hybridized carbons (Fsp3) is 0.167. The van der Waals surface area contributed by atoms with Crippen molar-refractivity contribution in [2.24, 2.45) is 0 Å². The van der Waals surface area contributed by atoms with Crippen LogP contribution in [-0.4, -0.2) is 15.8 Å². The normalized spacial score (nSPS) is 10.7. The van der Waals surface area contributed by atoms with Crippen molar-refractivity contribution in [3.63, 3.8) is 0 Å². The van der Waals surface area contributed by atoms with Crippen LogP contribution in [0.3, 0.4) is 0 Å². The van der Waals surface area contributed by atoms with Gasteiger partial charge in [-0.05, 0) is 19.1 Å². The van der Waals surface area contributed by atoms with E-state index in [2.05, 4.69) is 4.74 Å². The molecular formula is C12H9Cl2NO4. The summed E-state index contributed by atoms with van der Waals surface area (Å²) in [6.07, 6.45) is -0.236. The standard InChI is InChI=1S/C12H9Cl2NO4/c1-2-15-5-8(19-12(17)18)11(16)6-3-4-7(13)9(14)10(6)15/h3-5H,2H2,1H3,(H,17,18). The number of carbonyl (C=O) groups is 1. The number of hydrogen-bond donors (Lipinski definition) is 1. The lowest BCUT2D eigenvalue weighted by Crippen LogP contribution is -2.16. The summed E-state index contributed by atoms with van der Waals surface area (Å²) in [5.41, 5.74) is -0.0833. The first kappa shape index (κ1) is 13.7. The van der Waals surface area contributed by atoms with Crippen LogP contribution < -0.4 is 10.2 Å². The largest absolute Gasteiger partial charge is 0.511 e. The molecule has 5 nitrogen and oxygen atoms in total. The lowest BCUT2D eigenvalue weighted by molar-refractivity contribution is 0.144. The third kappa shape index (κ3) is 2.39. The molecule has 0 saturated heterocycles. The van der Waals surface area contributed by atoms with Gasteiger partial charge in [-0.3, -0.25) is 4.79 Å². The van der Waals surface area contributed by atoms with Gasteiger partial charge in [0.1, 0.15) is 0 Å². The van der Waals surface area contributed by atoms with Gasteiger partial charge in [0, 0.05) is 6.54 Å². The van der Waals surface area contributed by atoms with Crippen molar-refractivity contribution in [1.29, 1.82) is 0 Å². The minimum Gasteiger partial charge on any atom is -0.449 e. The summed E-state index contributed by atoms with van der Waals surface area (Å²) in [6.45, 7) is 2.30. The van der Waals surface area contributed by atoms with Crippen molar-refractivity contribution in [1.82, 2.24) is 4.57 Å². The molecule has 7 heteroatoms. The van der Waals surface area contributed by atoms with E-state index in [4.69, 9.17) is 28.3 Å². The predicted molar refractivity (Wildman–Crippen MR) is 72.6 cm³/mol. The quantitative estimate of drug-likeness (QED) is 0.863. The molecule has 0 bridgehead atoms. The highest BCUT2D eigenvalue weighted by atomic mass is 35.5. The highest BCUT2D eigenvalue weighted by Gasteiger charge is 2.15. The van der Waals surface area contributed by atoms with Crippen LogP contribution in [-0.2, 0) is 6.54 Å². The van der Waals surface area contributed by atoms with Crippen LogP contribution in [0.1, 0.15) is 6.92 Å². The Bertz CT molecular complexity index is 724. The van der Waals surface area contributed by atoms with Gasteiger partial charge in [0.05, 0.1) is 27.1 Å². The lowest BCUT2D eigenvalue weighted by Gasteiger charge is -2.12. The molecule has 2 aromatic rings. The number of aromatic nitrogens is 1. The molecular weight excluding hydrogens is 293 g/mol. The summed E-state index contributed by atoms with van der Waals surface area (Å²) in [7, 11) is 0. The number of hydrogen-bond acceptors (Lipinski definition) is 3. The monoisotopic (exact) mass is 301 g/mol. The van der Waals surface area contributed by atoms with Gasteiger partial charge in [-0.15, -0.1) is 0 Å². The molecule has 1 aromatic carbocycles. The van der Waals surface area contributed by atoms with Gasteiger partial charge in [-0.25, -0.2) is 4.79 Å². The summed E-state index contributed by atoms with van der Waals surface area (Å²) in [5, 5.41) is 9.44. The van der Waals surface area contributed by atoms with Crippen LogP contribution in [0.25, 0.3) is 10.9 Å². The number of rotatable bonds is 2. The maximum Gasteiger partial charge on any atom is 0.511 e. The van der Waals surface area contributed by atoms with Gasteiger partial charge >= 0.3 is 6.16 Å². The smallest absolute Gasteiger partial charge is 0.449 e. The minimum absolute atomic E-state index is 0.250. The number of nitrogens with zero attached hydrogens (tertiary/aromatic N) is 1. The summed E-state index contributed by atoms with van der Waals surface area (Å²) < 4.78 is 6.09. The van der Waals surface area contributed by atoms with E-state index in [1.165, 1.54) is 18.3 Å². The topological polar surface area (TPSA) is 68.5 Å². The van der Waals surface area contributed by atoms with Crippen LogP contribution in [0.5, 0.6) is 5.75 Å². The molecule has 1 N–H and O–H groups in total. The van der Waals surface area contributed by atoms with E-state index in [9.17, 15) is 9.59 Å². The number of benzene rings is 1. The second kappa shape index (κ2) is 5.11. The molecule has 0 saturated carbocycles. The average Bonchev–Trinajstić information content (AvgIpc) is 2.36. The van der Waals surface area contributed by atoms with E-state index in [0.717, 1.165) is 0 Å². The Morgan fingerprint density at radius 2 is 2.11 bits per heavy atom. The Hall–Kier alpha value is -1.72. The summed E-state index contributed by atoms with van der Waals surface area (Å²) in [4.78, 5) is 22.7. The van der Waals surface area contributed by atoms with Crippen LogP contribution in [0, 0.1) is 0 Å².